The summed E-state index contributed by atoms with van der Waals surface area (Å²) in [7, 11) is 0. The number of aliphatic hydroxyl groups is 2. The van der Waals surface area contributed by atoms with Crippen LogP contribution in [0.1, 0.15) is 73.1 Å². The molecule has 0 amide bonds. The summed E-state index contributed by atoms with van der Waals surface area (Å²) in [5, 5.41) is 21.0. The van der Waals surface area contributed by atoms with E-state index in [0.717, 1.165) is 25.7 Å². The van der Waals surface area contributed by atoms with Gasteiger partial charge in [0.1, 0.15) is 12.0 Å². The van der Waals surface area contributed by atoms with Crippen LogP contribution in [0.4, 0.5) is 0 Å². The first-order valence-electron chi connectivity index (χ1n) is 9.20. The first-order chi connectivity index (χ1) is 11.2. The number of carbonyl (C=O) groups excluding carboxylic acids is 1. The highest BCUT2D eigenvalue weighted by Crippen LogP contribution is 2.32. The molecule has 140 valence electrons. The highest BCUT2D eigenvalue weighted by molar-refractivity contribution is 5.56. The molecule has 5 nitrogen and oxygen atoms in total. The summed E-state index contributed by atoms with van der Waals surface area (Å²) >= 11 is 0. The first kappa shape index (κ1) is 21.3. The SMILES string of the molecule is CC(C)C[C@H](O)[C@H](O)[C@@H](NOC(C)(C)C)C(=C=O)C1CCCCC1. The molecule has 0 radical (unpaired) electrons. The third-order valence-electron chi connectivity index (χ3n) is 4.44. The number of hydrogen-bond acceptors (Lipinski definition) is 5. The highest BCUT2D eigenvalue weighted by Gasteiger charge is 2.35. The van der Waals surface area contributed by atoms with Crippen LogP contribution in [0.15, 0.2) is 5.57 Å². The molecule has 3 atom stereocenters. The van der Waals surface area contributed by atoms with Gasteiger partial charge in [0.2, 0.25) is 0 Å². The average Bonchev–Trinajstić information content (AvgIpc) is 2.50. The Hall–Kier alpha value is -0.710. The maximum atomic E-state index is 11.7. The van der Waals surface area contributed by atoms with E-state index in [1.807, 2.05) is 34.6 Å². The predicted octanol–water partition coefficient (Wildman–Crippen LogP) is 2.78. The molecule has 1 fully saturated rings. The van der Waals surface area contributed by atoms with Gasteiger partial charge in [0.05, 0.1) is 17.7 Å². The molecule has 0 bridgehead atoms. The number of rotatable bonds is 8. The van der Waals surface area contributed by atoms with Crippen molar-refractivity contribution < 1.29 is 19.8 Å². The van der Waals surface area contributed by atoms with Gasteiger partial charge in [-0.2, -0.15) is 5.48 Å². The van der Waals surface area contributed by atoms with Gasteiger partial charge < -0.3 is 10.2 Å². The molecule has 0 heterocycles. The number of hydrogen-bond donors (Lipinski definition) is 3. The molecule has 0 aromatic heterocycles. The molecule has 0 aliphatic heterocycles. The summed E-state index contributed by atoms with van der Waals surface area (Å²) in [5.74, 6) is 2.39. The Balaban J connectivity index is 2.95. The van der Waals surface area contributed by atoms with Gasteiger partial charge in [-0.25, -0.2) is 4.79 Å². The lowest BCUT2D eigenvalue weighted by molar-refractivity contribution is -0.115. The van der Waals surface area contributed by atoms with E-state index in [-0.39, 0.29) is 11.8 Å². The molecule has 0 saturated heterocycles. The fraction of sp³-hybridized carbons (Fsp3) is 0.895. The summed E-state index contributed by atoms with van der Waals surface area (Å²) in [6.45, 7) is 9.64. The second-order valence-corrected chi connectivity index (χ2v) is 8.39. The fourth-order valence-corrected chi connectivity index (χ4v) is 3.22. The van der Waals surface area contributed by atoms with Gasteiger partial charge >= 0.3 is 0 Å². The third-order valence-corrected chi connectivity index (χ3v) is 4.44. The minimum Gasteiger partial charge on any atom is -0.390 e. The number of hydroxylamine groups is 1. The fourth-order valence-electron chi connectivity index (χ4n) is 3.22. The number of aliphatic hydroxyl groups excluding tert-OH is 2. The van der Waals surface area contributed by atoms with Crippen molar-refractivity contribution in [1.82, 2.24) is 5.48 Å². The second-order valence-electron chi connectivity index (χ2n) is 8.39. The molecular formula is C19H35NO4. The van der Waals surface area contributed by atoms with Crippen LogP contribution in [0.25, 0.3) is 0 Å². The Labute approximate surface area is 146 Å². The van der Waals surface area contributed by atoms with Crippen LogP contribution >= 0.6 is 0 Å². The van der Waals surface area contributed by atoms with E-state index < -0.39 is 23.9 Å². The maximum absolute atomic E-state index is 11.7. The summed E-state index contributed by atoms with van der Waals surface area (Å²) in [6.07, 6.45) is 3.62. The smallest absolute Gasteiger partial charge is 0.125 e. The zero-order valence-corrected chi connectivity index (χ0v) is 15.8. The standard InChI is InChI=1S/C19H35NO4/c1-13(2)11-16(22)18(23)17(20-24-19(3,4)5)15(12-21)14-9-7-6-8-10-14/h13-14,16-18,20,22-23H,6-11H2,1-5H3/t16-,17-,18-/m0/s1. The maximum Gasteiger partial charge on any atom is 0.125 e. The van der Waals surface area contributed by atoms with Crippen molar-refractivity contribution in [3.8, 4) is 0 Å². The van der Waals surface area contributed by atoms with Crippen LogP contribution in [0.5, 0.6) is 0 Å². The quantitative estimate of drug-likeness (QED) is 0.467. The van der Waals surface area contributed by atoms with Crippen molar-refractivity contribution in [2.75, 3.05) is 0 Å². The lowest BCUT2D eigenvalue weighted by Crippen LogP contribution is -2.51. The van der Waals surface area contributed by atoms with E-state index in [9.17, 15) is 15.0 Å². The first-order valence-corrected chi connectivity index (χ1v) is 9.20. The molecular weight excluding hydrogens is 306 g/mol. The third kappa shape index (κ3) is 7.04. The Morgan fingerprint density at radius 2 is 1.79 bits per heavy atom. The highest BCUT2D eigenvalue weighted by atomic mass is 16.7. The van der Waals surface area contributed by atoms with Gasteiger partial charge in [-0.1, -0.05) is 33.1 Å². The zero-order chi connectivity index (χ0) is 18.3. The molecule has 0 unspecified atom stereocenters. The normalized spacial score (nSPS) is 20.5. The minimum absolute atomic E-state index is 0.0956. The predicted molar refractivity (Wildman–Crippen MR) is 95.0 cm³/mol. The van der Waals surface area contributed by atoms with Crippen molar-refractivity contribution in [1.29, 1.82) is 0 Å². The number of nitrogens with one attached hydrogen (secondary N) is 1. The Bertz CT molecular complexity index is 418. The van der Waals surface area contributed by atoms with E-state index in [2.05, 4.69) is 11.4 Å². The van der Waals surface area contributed by atoms with E-state index in [1.165, 1.54) is 6.42 Å². The van der Waals surface area contributed by atoms with Crippen LogP contribution in [0.3, 0.4) is 0 Å². The molecule has 24 heavy (non-hydrogen) atoms. The molecule has 0 aromatic carbocycles. The zero-order valence-electron chi connectivity index (χ0n) is 15.8. The average molecular weight is 341 g/mol. The van der Waals surface area contributed by atoms with Crippen LogP contribution in [0, 0.1) is 11.8 Å². The van der Waals surface area contributed by atoms with E-state index in [4.69, 9.17) is 4.84 Å². The molecule has 0 spiro atoms. The van der Waals surface area contributed by atoms with Crippen molar-refractivity contribution in [2.24, 2.45) is 11.8 Å². The monoisotopic (exact) mass is 341 g/mol. The Kier molecular flexibility index (Phi) is 8.61. The summed E-state index contributed by atoms with van der Waals surface area (Å²) < 4.78 is 0. The van der Waals surface area contributed by atoms with Crippen LogP contribution in [-0.2, 0) is 9.63 Å². The van der Waals surface area contributed by atoms with Gasteiger partial charge in [-0.05, 0) is 51.9 Å². The van der Waals surface area contributed by atoms with Crippen LogP contribution < -0.4 is 5.48 Å². The topological polar surface area (TPSA) is 78.8 Å². The molecule has 5 heteroatoms. The second kappa shape index (κ2) is 9.69. The van der Waals surface area contributed by atoms with Crippen molar-refractivity contribution in [2.45, 2.75) is 97.0 Å². The molecule has 1 aliphatic carbocycles. The summed E-state index contributed by atoms with van der Waals surface area (Å²) in [6, 6.07) is -0.737. The van der Waals surface area contributed by atoms with E-state index in [0.29, 0.717) is 12.0 Å². The molecule has 0 aromatic rings. The molecule has 1 saturated carbocycles. The lowest BCUT2D eigenvalue weighted by atomic mass is 9.79. The summed E-state index contributed by atoms with van der Waals surface area (Å²) in [5.41, 5.74) is 2.88. The van der Waals surface area contributed by atoms with Crippen LogP contribution in [-0.4, -0.2) is 40.0 Å². The molecule has 3 N–H and O–H groups in total. The van der Waals surface area contributed by atoms with Crippen molar-refractivity contribution in [3.63, 3.8) is 0 Å². The lowest BCUT2D eigenvalue weighted by Gasteiger charge is -2.34. The largest absolute Gasteiger partial charge is 0.390 e. The summed E-state index contributed by atoms with van der Waals surface area (Å²) in [4.78, 5) is 17.3. The molecule has 1 aliphatic rings. The van der Waals surface area contributed by atoms with Crippen LogP contribution in [0.2, 0.25) is 0 Å². The van der Waals surface area contributed by atoms with Crippen molar-refractivity contribution in [3.05, 3.63) is 5.57 Å². The Morgan fingerprint density at radius 1 is 1.21 bits per heavy atom. The van der Waals surface area contributed by atoms with Gasteiger partial charge in [-0.3, -0.25) is 4.84 Å². The van der Waals surface area contributed by atoms with Gasteiger partial charge in [-0.15, -0.1) is 0 Å². The van der Waals surface area contributed by atoms with Gasteiger partial charge in [0.25, 0.3) is 0 Å². The molecule has 1 rings (SSSR count). The van der Waals surface area contributed by atoms with Gasteiger partial charge in [0.15, 0.2) is 0 Å². The minimum atomic E-state index is -1.10. The van der Waals surface area contributed by atoms with Gasteiger partial charge in [0, 0.05) is 5.57 Å². The van der Waals surface area contributed by atoms with E-state index in [1.54, 1.807) is 0 Å². The Morgan fingerprint density at radius 3 is 2.25 bits per heavy atom. The van der Waals surface area contributed by atoms with Crippen molar-refractivity contribution >= 4 is 5.94 Å². The van der Waals surface area contributed by atoms with E-state index >= 15 is 0 Å².